The largest absolute Gasteiger partial charge is 0.460 e. The van der Waals surface area contributed by atoms with Crippen LogP contribution in [0.2, 0.25) is 0 Å². The van der Waals surface area contributed by atoms with E-state index in [4.69, 9.17) is 9.47 Å². The van der Waals surface area contributed by atoms with Crippen LogP contribution in [0, 0.1) is 5.82 Å². The summed E-state index contributed by atoms with van der Waals surface area (Å²) >= 11 is 0. The number of hydrazine groups is 1. The summed E-state index contributed by atoms with van der Waals surface area (Å²) < 4.78 is 62.7. The first-order chi connectivity index (χ1) is 13.9. The number of carbonyl (C=O) groups is 1. The lowest BCUT2D eigenvalue weighted by Gasteiger charge is -2.28. The number of aromatic nitrogens is 3. The van der Waals surface area contributed by atoms with Crippen molar-refractivity contribution in [3.8, 4) is 17.1 Å². The number of alkyl halides is 3. The molecule has 0 radical (unpaired) electrons. The third kappa shape index (κ3) is 5.75. The number of anilines is 1. The molecule has 12 heteroatoms. The van der Waals surface area contributed by atoms with E-state index in [9.17, 15) is 22.4 Å². The van der Waals surface area contributed by atoms with Gasteiger partial charge in [-0.25, -0.2) is 14.4 Å². The number of carbonyl (C=O) groups excluding carboxylic acids is 1. The zero-order chi connectivity index (χ0) is 22.5. The predicted molar refractivity (Wildman–Crippen MR) is 98.8 cm³/mol. The predicted octanol–water partition coefficient (Wildman–Crippen LogP) is 3.27. The van der Waals surface area contributed by atoms with Crippen molar-refractivity contribution in [2.45, 2.75) is 45.6 Å². The lowest BCUT2D eigenvalue weighted by atomic mass is 10.1. The van der Waals surface area contributed by atoms with Crippen molar-refractivity contribution in [2.75, 3.05) is 12.0 Å². The van der Waals surface area contributed by atoms with Gasteiger partial charge in [-0.2, -0.15) is 13.2 Å². The van der Waals surface area contributed by atoms with Crippen LogP contribution < -0.4 is 15.6 Å². The molecular formula is C18H21F4N5O3. The third-order valence-corrected chi connectivity index (χ3v) is 3.89. The molecule has 2 N–H and O–H groups in total. The van der Waals surface area contributed by atoms with Crippen LogP contribution in [0.3, 0.4) is 0 Å². The van der Waals surface area contributed by atoms with Crippen molar-refractivity contribution in [3.05, 3.63) is 30.5 Å². The van der Waals surface area contributed by atoms with E-state index in [0.717, 1.165) is 26.1 Å². The normalized spacial score (nSPS) is 12.9. The molecule has 2 aromatic heterocycles. The molecule has 2 rings (SSSR count). The molecule has 1 atom stereocenters. The molecule has 0 fully saturated rings. The average molecular weight is 431 g/mol. The SMILES string of the molecule is CCOC(C)C(=O)NNc1cnc(-c2cnc(OC(C)(C)C(F)(F)F)c(F)c2)cn1. The van der Waals surface area contributed by atoms with Crippen LogP contribution in [-0.4, -0.2) is 45.3 Å². The van der Waals surface area contributed by atoms with E-state index in [1.54, 1.807) is 13.8 Å². The number of pyridine rings is 1. The smallest absolute Gasteiger partial charge is 0.427 e. The van der Waals surface area contributed by atoms with Crippen LogP contribution >= 0.6 is 0 Å². The first-order valence-corrected chi connectivity index (χ1v) is 8.85. The van der Waals surface area contributed by atoms with Crippen LogP contribution in [0.5, 0.6) is 5.88 Å². The number of hydrogen-bond donors (Lipinski definition) is 2. The molecule has 30 heavy (non-hydrogen) atoms. The molecule has 1 amide bonds. The van der Waals surface area contributed by atoms with E-state index >= 15 is 0 Å². The molecule has 0 aliphatic heterocycles. The summed E-state index contributed by atoms with van der Waals surface area (Å²) in [4.78, 5) is 23.4. The van der Waals surface area contributed by atoms with Crippen molar-refractivity contribution in [3.63, 3.8) is 0 Å². The maximum absolute atomic E-state index is 14.2. The Labute approximate surface area is 170 Å². The molecular weight excluding hydrogens is 410 g/mol. The van der Waals surface area contributed by atoms with Crippen LogP contribution in [0.25, 0.3) is 11.3 Å². The second-order valence-electron chi connectivity index (χ2n) is 6.62. The van der Waals surface area contributed by atoms with E-state index in [1.165, 1.54) is 12.4 Å². The first kappa shape index (κ1) is 23.3. The van der Waals surface area contributed by atoms with Gasteiger partial charge < -0.3 is 9.47 Å². The van der Waals surface area contributed by atoms with Crippen molar-refractivity contribution in [2.24, 2.45) is 0 Å². The number of hydrogen-bond acceptors (Lipinski definition) is 7. The molecule has 2 aromatic rings. The van der Waals surface area contributed by atoms with Gasteiger partial charge >= 0.3 is 6.18 Å². The first-order valence-electron chi connectivity index (χ1n) is 8.85. The second-order valence-corrected chi connectivity index (χ2v) is 6.62. The van der Waals surface area contributed by atoms with Gasteiger partial charge in [-0.15, -0.1) is 0 Å². The molecule has 0 aliphatic rings. The molecule has 8 nitrogen and oxygen atoms in total. The second kappa shape index (κ2) is 9.20. The highest BCUT2D eigenvalue weighted by molar-refractivity contribution is 5.81. The van der Waals surface area contributed by atoms with Gasteiger partial charge in [-0.1, -0.05) is 0 Å². The molecule has 2 heterocycles. The Morgan fingerprint density at radius 2 is 1.87 bits per heavy atom. The van der Waals surface area contributed by atoms with E-state index in [0.29, 0.717) is 6.61 Å². The van der Waals surface area contributed by atoms with Gasteiger partial charge in [0.2, 0.25) is 0 Å². The number of nitrogens with one attached hydrogen (secondary N) is 2. The molecule has 0 aliphatic carbocycles. The lowest BCUT2D eigenvalue weighted by molar-refractivity contribution is -0.235. The quantitative estimate of drug-likeness (QED) is 0.489. The molecule has 0 spiro atoms. The maximum Gasteiger partial charge on any atom is 0.427 e. The van der Waals surface area contributed by atoms with Gasteiger partial charge in [0.1, 0.15) is 6.10 Å². The van der Waals surface area contributed by atoms with Crippen LogP contribution in [0.4, 0.5) is 23.4 Å². The lowest BCUT2D eigenvalue weighted by Crippen LogP contribution is -2.45. The number of ether oxygens (including phenoxy) is 2. The highest BCUT2D eigenvalue weighted by Crippen LogP contribution is 2.34. The number of rotatable bonds is 8. The number of halogens is 4. The molecule has 164 valence electrons. The van der Waals surface area contributed by atoms with Gasteiger partial charge in [-0.05, 0) is 33.8 Å². The van der Waals surface area contributed by atoms with Crippen molar-refractivity contribution in [1.29, 1.82) is 0 Å². The Kier molecular flexibility index (Phi) is 7.13. The summed E-state index contributed by atoms with van der Waals surface area (Å²) in [5.74, 6) is -2.06. The highest BCUT2D eigenvalue weighted by atomic mass is 19.4. The van der Waals surface area contributed by atoms with E-state index < -0.39 is 35.5 Å². The molecule has 1 unspecified atom stereocenters. The molecule has 0 saturated heterocycles. The zero-order valence-electron chi connectivity index (χ0n) is 16.7. The summed E-state index contributed by atoms with van der Waals surface area (Å²) in [5, 5.41) is 0. The van der Waals surface area contributed by atoms with E-state index in [1.807, 2.05) is 0 Å². The van der Waals surface area contributed by atoms with Crippen molar-refractivity contribution >= 4 is 11.7 Å². The minimum Gasteiger partial charge on any atom is -0.460 e. The summed E-state index contributed by atoms with van der Waals surface area (Å²) in [6.45, 7) is 5.26. The Bertz CT molecular complexity index is 875. The van der Waals surface area contributed by atoms with Crippen molar-refractivity contribution in [1.82, 2.24) is 20.4 Å². The number of amides is 1. The summed E-state index contributed by atoms with van der Waals surface area (Å²) in [6, 6.07) is 0.942. The van der Waals surface area contributed by atoms with Gasteiger partial charge in [0, 0.05) is 18.4 Å². The standard InChI is InChI=1S/C18H21F4N5O3/c1-5-29-10(2)15(28)27-26-14-9-23-13(8-24-14)11-6-12(19)16(25-7-11)30-17(3,4)18(20,21)22/h6-10H,5H2,1-4H3,(H,24,26)(H,27,28). The van der Waals surface area contributed by atoms with Crippen LogP contribution in [-0.2, 0) is 9.53 Å². The topological polar surface area (TPSA) is 98.3 Å². The zero-order valence-corrected chi connectivity index (χ0v) is 16.7. The minimum atomic E-state index is -4.70. The average Bonchev–Trinajstić information content (AvgIpc) is 2.67. The fourth-order valence-electron chi connectivity index (χ4n) is 2.03. The van der Waals surface area contributed by atoms with Gasteiger partial charge in [0.05, 0.1) is 18.1 Å². The van der Waals surface area contributed by atoms with Gasteiger partial charge in [-0.3, -0.25) is 20.6 Å². The Morgan fingerprint density at radius 3 is 2.40 bits per heavy atom. The van der Waals surface area contributed by atoms with Crippen molar-refractivity contribution < 1.29 is 31.8 Å². The third-order valence-electron chi connectivity index (χ3n) is 3.89. The molecule has 0 saturated carbocycles. The molecule has 0 bridgehead atoms. The Morgan fingerprint density at radius 1 is 1.17 bits per heavy atom. The van der Waals surface area contributed by atoms with Crippen LogP contribution in [0.1, 0.15) is 27.7 Å². The fourth-order valence-corrected chi connectivity index (χ4v) is 2.03. The van der Waals surface area contributed by atoms with Crippen LogP contribution in [0.15, 0.2) is 24.7 Å². The minimum absolute atomic E-state index is 0.178. The Balaban J connectivity index is 2.06. The summed E-state index contributed by atoms with van der Waals surface area (Å²) in [7, 11) is 0. The van der Waals surface area contributed by atoms with E-state index in [-0.39, 0.29) is 17.1 Å². The van der Waals surface area contributed by atoms with Gasteiger partial charge in [0.15, 0.2) is 17.2 Å². The van der Waals surface area contributed by atoms with Gasteiger partial charge in [0.25, 0.3) is 11.8 Å². The highest BCUT2D eigenvalue weighted by Gasteiger charge is 2.50. The fraction of sp³-hybridized carbons (Fsp3) is 0.444. The Hall–Kier alpha value is -3.02. The maximum atomic E-state index is 14.2. The number of nitrogens with zero attached hydrogens (tertiary/aromatic N) is 3. The molecule has 0 aromatic carbocycles. The summed E-state index contributed by atoms with van der Waals surface area (Å²) in [5.41, 5.74) is 2.73. The monoisotopic (exact) mass is 431 g/mol. The van der Waals surface area contributed by atoms with E-state index in [2.05, 4.69) is 25.8 Å². The summed E-state index contributed by atoms with van der Waals surface area (Å²) in [6.07, 6.45) is -1.70.